The molecule has 0 spiro atoms. The number of carbonyl (C=O) groups is 1. The zero-order chi connectivity index (χ0) is 12.1. The molecule has 0 aromatic carbocycles. The smallest absolute Gasteiger partial charge is 0.176 e. The van der Waals surface area contributed by atoms with Crippen molar-refractivity contribution < 1.29 is 4.79 Å². The maximum absolute atomic E-state index is 12.2. The van der Waals surface area contributed by atoms with Crippen LogP contribution in [0.2, 0.25) is 0 Å². The van der Waals surface area contributed by atoms with Crippen LogP contribution >= 0.6 is 11.5 Å². The molecule has 0 amide bonds. The van der Waals surface area contributed by atoms with Crippen LogP contribution in [0.25, 0.3) is 0 Å². The predicted octanol–water partition coefficient (Wildman–Crippen LogP) is 3.64. The van der Waals surface area contributed by atoms with Gasteiger partial charge >= 0.3 is 0 Å². The summed E-state index contributed by atoms with van der Waals surface area (Å²) in [6, 6.07) is 0. The van der Waals surface area contributed by atoms with Gasteiger partial charge in [0.25, 0.3) is 0 Å². The number of nitrogens with zero attached hydrogens (tertiary/aromatic N) is 2. The average Bonchev–Trinajstić information content (AvgIpc) is 2.79. The van der Waals surface area contributed by atoms with Crippen molar-refractivity contribution in [1.29, 1.82) is 0 Å². The molecule has 1 heterocycles. The number of aromatic nitrogens is 2. The quantitative estimate of drug-likeness (QED) is 0.751. The monoisotopic (exact) mass is 252 g/mol. The minimum atomic E-state index is 0.273. The van der Waals surface area contributed by atoms with Crippen LogP contribution in [-0.2, 0) is 6.42 Å². The molecule has 0 N–H and O–H groups in total. The Morgan fingerprint density at radius 2 is 2.12 bits per heavy atom. The van der Waals surface area contributed by atoms with E-state index in [9.17, 15) is 4.79 Å². The van der Waals surface area contributed by atoms with Crippen molar-refractivity contribution in [3.05, 3.63) is 10.6 Å². The topological polar surface area (TPSA) is 42.9 Å². The van der Waals surface area contributed by atoms with Gasteiger partial charge < -0.3 is 0 Å². The van der Waals surface area contributed by atoms with Crippen molar-refractivity contribution in [2.24, 2.45) is 5.92 Å². The van der Waals surface area contributed by atoms with Gasteiger partial charge in [-0.25, -0.2) is 0 Å². The second-order valence-corrected chi connectivity index (χ2v) is 5.68. The first-order valence-corrected chi connectivity index (χ1v) is 7.43. The Kier molecular flexibility index (Phi) is 4.66. The first-order chi connectivity index (χ1) is 8.31. The molecule has 1 aliphatic carbocycles. The molecule has 4 heteroatoms. The third-order valence-corrected chi connectivity index (χ3v) is 4.30. The maximum Gasteiger partial charge on any atom is 0.176 e. The van der Waals surface area contributed by atoms with E-state index in [1.54, 1.807) is 0 Å². The molecule has 2 rings (SSSR count). The molecular weight excluding hydrogens is 232 g/mol. The van der Waals surface area contributed by atoms with Gasteiger partial charge in [0.15, 0.2) is 5.78 Å². The van der Waals surface area contributed by atoms with Crippen molar-refractivity contribution in [3.63, 3.8) is 0 Å². The maximum atomic E-state index is 12.2. The van der Waals surface area contributed by atoms with Gasteiger partial charge in [-0.2, -0.15) is 0 Å². The minimum Gasteiger partial charge on any atom is -0.293 e. The van der Waals surface area contributed by atoms with Crippen molar-refractivity contribution in [1.82, 2.24) is 9.59 Å². The van der Waals surface area contributed by atoms with Crippen LogP contribution in [0.4, 0.5) is 0 Å². The third-order valence-electron chi connectivity index (χ3n) is 3.49. The molecule has 94 valence electrons. The van der Waals surface area contributed by atoms with Crippen LogP contribution in [0.1, 0.15) is 67.2 Å². The summed E-state index contributed by atoms with van der Waals surface area (Å²) in [6.07, 6.45) is 8.98. The van der Waals surface area contributed by atoms with E-state index in [0.717, 1.165) is 23.4 Å². The van der Waals surface area contributed by atoms with Crippen LogP contribution in [-0.4, -0.2) is 15.4 Å². The number of ketones is 1. The van der Waals surface area contributed by atoms with Crippen molar-refractivity contribution in [2.45, 2.75) is 58.3 Å². The van der Waals surface area contributed by atoms with E-state index < -0.39 is 0 Å². The van der Waals surface area contributed by atoms with Crippen LogP contribution in [0, 0.1) is 5.92 Å². The van der Waals surface area contributed by atoms with Crippen LogP contribution in [0.3, 0.4) is 0 Å². The summed E-state index contributed by atoms with van der Waals surface area (Å²) in [7, 11) is 0. The number of hydrogen-bond donors (Lipinski definition) is 0. The molecule has 0 atom stereocenters. The molecule has 1 aliphatic rings. The van der Waals surface area contributed by atoms with E-state index in [-0.39, 0.29) is 5.78 Å². The summed E-state index contributed by atoms with van der Waals surface area (Å²) in [5, 5.41) is 4.07. The van der Waals surface area contributed by atoms with Gasteiger partial charge in [0, 0.05) is 6.42 Å². The molecule has 0 saturated heterocycles. The van der Waals surface area contributed by atoms with E-state index in [1.165, 1.54) is 43.6 Å². The predicted molar refractivity (Wildman–Crippen MR) is 69.4 cm³/mol. The molecule has 3 nitrogen and oxygen atoms in total. The number of rotatable bonds is 5. The van der Waals surface area contributed by atoms with Gasteiger partial charge in [0.05, 0.1) is 5.69 Å². The van der Waals surface area contributed by atoms with Gasteiger partial charge in [-0.15, -0.1) is 5.10 Å². The highest BCUT2D eigenvalue weighted by atomic mass is 32.1. The van der Waals surface area contributed by atoms with E-state index in [2.05, 4.69) is 16.5 Å². The Labute approximate surface area is 107 Å². The van der Waals surface area contributed by atoms with Gasteiger partial charge in [0.1, 0.15) is 4.88 Å². The van der Waals surface area contributed by atoms with Gasteiger partial charge in [-0.05, 0) is 23.9 Å². The molecule has 17 heavy (non-hydrogen) atoms. The Morgan fingerprint density at radius 3 is 2.82 bits per heavy atom. The Balaban J connectivity index is 1.96. The summed E-state index contributed by atoms with van der Waals surface area (Å²) in [5.41, 5.74) is 0.915. The standard InChI is InChI=1S/C13H20N2OS/c1-2-6-11-13(17-15-14-11)12(16)9-10-7-4-3-5-8-10/h10H,2-9H2,1H3. The van der Waals surface area contributed by atoms with Crippen molar-refractivity contribution in [3.8, 4) is 0 Å². The zero-order valence-corrected chi connectivity index (χ0v) is 11.3. The SMILES string of the molecule is CCCc1nnsc1C(=O)CC1CCCCC1. The summed E-state index contributed by atoms with van der Waals surface area (Å²) in [5.74, 6) is 0.878. The number of hydrogen-bond acceptors (Lipinski definition) is 4. The lowest BCUT2D eigenvalue weighted by Gasteiger charge is -2.20. The largest absolute Gasteiger partial charge is 0.293 e. The lowest BCUT2D eigenvalue weighted by atomic mass is 9.85. The molecule has 0 bridgehead atoms. The number of carbonyl (C=O) groups excluding carboxylic acids is 1. The fraction of sp³-hybridized carbons (Fsp3) is 0.769. The van der Waals surface area contributed by atoms with Crippen LogP contribution in [0.5, 0.6) is 0 Å². The highest BCUT2D eigenvalue weighted by Crippen LogP contribution is 2.28. The highest BCUT2D eigenvalue weighted by molar-refractivity contribution is 7.08. The molecule has 0 radical (unpaired) electrons. The average molecular weight is 252 g/mol. The lowest BCUT2D eigenvalue weighted by Crippen LogP contribution is -2.12. The molecule has 1 fully saturated rings. The van der Waals surface area contributed by atoms with Crippen molar-refractivity contribution in [2.75, 3.05) is 0 Å². The Hall–Kier alpha value is -0.770. The summed E-state index contributed by atoms with van der Waals surface area (Å²) in [4.78, 5) is 13.0. The Morgan fingerprint density at radius 1 is 1.35 bits per heavy atom. The normalized spacial score (nSPS) is 17.2. The first-order valence-electron chi connectivity index (χ1n) is 6.65. The minimum absolute atomic E-state index is 0.273. The van der Waals surface area contributed by atoms with E-state index in [1.807, 2.05) is 0 Å². The summed E-state index contributed by atoms with van der Waals surface area (Å²) in [6.45, 7) is 2.11. The molecule has 1 aromatic heterocycles. The lowest BCUT2D eigenvalue weighted by molar-refractivity contribution is 0.0953. The molecule has 1 saturated carbocycles. The van der Waals surface area contributed by atoms with E-state index in [4.69, 9.17) is 0 Å². The van der Waals surface area contributed by atoms with E-state index >= 15 is 0 Å². The fourth-order valence-electron chi connectivity index (χ4n) is 2.57. The van der Waals surface area contributed by atoms with Crippen LogP contribution in [0.15, 0.2) is 0 Å². The third kappa shape index (κ3) is 3.35. The zero-order valence-electron chi connectivity index (χ0n) is 10.4. The van der Waals surface area contributed by atoms with Crippen LogP contribution < -0.4 is 0 Å². The van der Waals surface area contributed by atoms with Crippen molar-refractivity contribution >= 4 is 17.3 Å². The summed E-state index contributed by atoms with van der Waals surface area (Å²) < 4.78 is 3.93. The second-order valence-electron chi connectivity index (χ2n) is 4.93. The van der Waals surface area contributed by atoms with Gasteiger partial charge in [0.2, 0.25) is 0 Å². The first kappa shape index (κ1) is 12.7. The number of aryl methyl sites for hydroxylation is 1. The molecule has 1 aromatic rings. The molecular formula is C13H20N2OS. The number of Topliss-reactive ketones (excluding diaryl/α,β-unsaturated/α-hetero) is 1. The fourth-order valence-corrected chi connectivity index (χ4v) is 3.22. The van der Waals surface area contributed by atoms with Gasteiger partial charge in [-0.3, -0.25) is 4.79 Å². The van der Waals surface area contributed by atoms with E-state index in [0.29, 0.717) is 12.3 Å². The molecule has 0 aliphatic heterocycles. The Bertz CT molecular complexity index is 369. The second kappa shape index (κ2) is 6.24. The summed E-state index contributed by atoms with van der Waals surface area (Å²) >= 11 is 1.28. The van der Waals surface area contributed by atoms with Gasteiger partial charge in [-0.1, -0.05) is 49.9 Å². The molecule has 0 unspecified atom stereocenters. The highest BCUT2D eigenvalue weighted by Gasteiger charge is 2.21.